The van der Waals surface area contributed by atoms with Gasteiger partial charge in [-0.05, 0) is 6.42 Å². The van der Waals surface area contributed by atoms with Gasteiger partial charge in [0, 0.05) is 18.9 Å². The van der Waals surface area contributed by atoms with Crippen molar-refractivity contribution in [2.45, 2.75) is 18.6 Å². The molecule has 10 heteroatoms. The summed E-state index contributed by atoms with van der Waals surface area (Å²) in [5, 5.41) is 17.8. The third-order valence-corrected chi connectivity index (χ3v) is 3.88. The number of carbonyl (C=O) groups is 2. The van der Waals surface area contributed by atoms with Crippen molar-refractivity contribution < 1.29 is 34.2 Å². The lowest BCUT2D eigenvalue weighted by Gasteiger charge is -2.21. The number of aromatic nitrogens is 2. The summed E-state index contributed by atoms with van der Waals surface area (Å²) in [5.74, 6) is -5.07. The Morgan fingerprint density at radius 1 is 1.26 bits per heavy atom. The topological polar surface area (TPSA) is 150 Å². The Bertz CT molecular complexity index is 495. The fraction of sp³-hybridized carbons (Fsp3) is 0.444. The van der Waals surface area contributed by atoms with E-state index >= 15 is 0 Å². The lowest BCUT2D eigenvalue weighted by Crippen LogP contribution is -2.35. The van der Waals surface area contributed by atoms with Gasteiger partial charge in [-0.3, -0.25) is 14.2 Å². The normalized spacial score (nSPS) is 14.8. The summed E-state index contributed by atoms with van der Waals surface area (Å²) >= 11 is 0. The van der Waals surface area contributed by atoms with Crippen LogP contribution in [0.4, 0.5) is 0 Å². The van der Waals surface area contributed by atoms with E-state index in [9.17, 15) is 14.2 Å². The highest BCUT2D eigenvalue weighted by atomic mass is 31.2. The monoisotopic (exact) mass is 292 g/mol. The van der Waals surface area contributed by atoms with Crippen molar-refractivity contribution in [3.8, 4) is 0 Å². The van der Waals surface area contributed by atoms with E-state index in [1.165, 1.54) is 23.3 Å². The van der Waals surface area contributed by atoms with Crippen LogP contribution in [-0.2, 0) is 20.7 Å². The van der Waals surface area contributed by atoms with E-state index in [-0.39, 0.29) is 13.0 Å². The van der Waals surface area contributed by atoms with E-state index in [0.29, 0.717) is 0 Å². The second-order valence-corrected chi connectivity index (χ2v) is 5.64. The Morgan fingerprint density at radius 2 is 1.89 bits per heavy atom. The third-order valence-electron chi connectivity index (χ3n) is 2.57. The summed E-state index contributed by atoms with van der Waals surface area (Å²) in [6.07, 6.45) is 4.15. The molecule has 0 radical (unpaired) electrons. The smallest absolute Gasteiger partial charge is 0.340 e. The zero-order valence-corrected chi connectivity index (χ0v) is 10.6. The lowest BCUT2D eigenvalue weighted by atomic mass is 10.0. The van der Waals surface area contributed by atoms with Gasteiger partial charge in [-0.1, -0.05) is 0 Å². The number of aliphatic carboxylic acids is 2. The largest absolute Gasteiger partial charge is 0.481 e. The molecule has 1 rings (SSSR count). The number of aryl methyl sites for hydroxylation is 1. The van der Waals surface area contributed by atoms with Crippen molar-refractivity contribution in [3.05, 3.63) is 18.7 Å². The van der Waals surface area contributed by atoms with Crippen LogP contribution in [0.25, 0.3) is 0 Å². The van der Waals surface area contributed by atoms with Gasteiger partial charge in [-0.15, -0.1) is 0 Å². The molecule has 0 aliphatic heterocycles. The lowest BCUT2D eigenvalue weighted by molar-refractivity contribution is -0.148. The Hall–Kier alpha value is -1.70. The van der Waals surface area contributed by atoms with E-state index in [1.807, 2.05) is 0 Å². The van der Waals surface area contributed by atoms with E-state index in [4.69, 9.17) is 20.0 Å². The highest BCUT2D eigenvalue weighted by molar-refractivity contribution is 7.53. The van der Waals surface area contributed by atoms with Gasteiger partial charge in [-0.2, -0.15) is 0 Å². The van der Waals surface area contributed by atoms with Crippen LogP contribution in [0.5, 0.6) is 0 Å². The van der Waals surface area contributed by atoms with Crippen LogP contribution in [-0.4, -0.2) is 47.1 Å². The second-order valence-electron chi connectivity index (χ2n) is 3.91. The average molecular weight is 292 g/mol. The van der Waals surface area contributed by atoms with Crippen LogP contribution in [0.1, 0.15) is 6.42 Å². The molecule has 1 aromatic heterocycles. The molecule has 0 saturated carbocycles. The second kappa shape index (κ2) is 5.96. The molecule has 0 bridgehead atoms. The molecule has 0 aromatic carbocycles. The van der Waals surface area contributed by atoms with Crippen LogP contribution in [0.2, 0.25) is 0 Å². The summed E-state index contributed by atoms with van der Waals surface area (Å²) < 4.78 is 12.6. The van der Waals surface area contributed by atoms with Gasteiger partial charge in [0.2, 0.25) is 0 Å². The Balaban J connectivity index is 2.89. The minimum absolute atomic E-state index is 0.0980. The number of hydrogen-bond acceptors (Lipinski definition) is 4. The van der Waals surface area contributed by atoms with Gasteiger partial charge in [0.25, 0.3) is 0 Å². The molecular weight excluding hydrogens is 279 g/mol. The minimum Gasteiger partial charge on any atom is -0.481 e. The van der Waals surface area contributed by atoms with Crippen molar-refractivity contribution in [1.29, 1.82) is 0 Å². The number of hydrogen-bond donors (Lipinski definition) is 4. The van der Waals surface area contributed by atoms with E-state index < -0.39 is 31.1 Å². The molecule has 0 amide bonds. The first-order valence-corrected chi connectivity index (χ1v) is 6.88. The number of carboxylic acid groups (broad SMARTS) is 2. The van der Waals surface area contributed by atoms with Gasteiger partial charge in [0.05, 0.1) is 12.2 Å². The fourth-order valence-electron chi connectivity index (χ4n) is 1.67. The minimum atomic E-state index is -5.05. The van der Waals surface area contributed by atoms with E-state index in [0.717, 1.165) is 0 Å². The molecule has 19 heavy (non-hydrogen) atoms. The summed E-state index contributed by atoms with van der Waals surface area (Å²) in [4.78, 5) is 43.6. The zero-order valence-electron chi connectivity index (χ0n) is 9.66. The molecule has 9 nitrogen and oxygen atoms in total. The quantitative estimate of drug-likeness (QED) is 0.496. The van der Waals surface area contributed by atoms with Gasteiger partial charge in [0.15, 0.2) is 5.66 Å². The van der Waals surface area contributed by atoms with Crippen LogP contribution in [0, 0.1) is 5.92 Å². The SMILES string of the molecule is O=C(O)C(CCn1ccnc1)C(C(=O)O)P(=O)(O)O. The van der Waals surface area contributed by atoms with Crippen LogP contribution in [0.15, 0.2) is 18.7 Å². The number of nitrogens with zero attached hydrogens (tertiary/aromatic N) is 2. The Labute approximate surface area is 107 Å². The zero-order chi connectivity index (χ0) is 14.6. The molecule has 4 N–H and O–H groups in total. The molecule has 1 heterocycles. The van der Waals surface area contributed by atoms with Crippen molar-refractivity contribution in [1.82, 2.24) is 9.55 Å². The van der Waals surface area contributed by atoms with Crippen molar-refractivity contribution >= 4 is 19.5 Å². The third kappa shape index (κ3) is 4.16. The van der Waals surface area contributed by atoms with Gasteiger partial charge in [0.1, 0.15) is 0 Å². The van der Waals surface area contributed by atoms with Crippen molar-refractivity contribution in [3.63, 3.8) is 0 Å². The molecule has 2 atom stereocenters. The predicted molar refractivity (Wildman–Crippen MR) is 61.4 cm³/mol. The summed E-state index contributed by atoms with van der Waals surface area (Å²) in [6, 6.07) is 0. The molecule has 0 saturated heterocycles. The molecule has 2 unspecified atom stereocenters. The number of rotatable bonds is 7. The number of imidazole rings is 1. The first-order chi connectivity index (χ1) is 8.73. The molecule has 0 aliphatic rings. The molecule has 0 spiro atoms. The summed E-state index contributed by atoms with van der Waals surface area (Å²) in [6.45, 7) is 0.0980. The molecule has 106 valence electrons. The van der Waals surface area contributed by atoms with Gasteiger partial charge in [-0.25, -0.2) is 4.98 Å². The van der Waals surface area contributed by atoms with Crippen LogP contribution in [0.3, 0.4) is 0 Å². The van der Waals surface area contributed by atoms with Gasteiger partial charge >= 0.3 is 19.5 Å². The Kier molecular flexibility index (Phi) is 4.82. The number of carboxylic acids is 2. The summed E-state index contributed by atoms with van der Waals surface area (Å²) in [5.41, 5.74) is -2.26. The highest BCUT2D eigenvalue weighted by Crippen LogP contribution is 2.46. The molecule has 0 aliphatic carbocycles. The maximum absolute atomic E-state index is 11.1. The van der Waals surface area contributed by atoms with Crippen LogP contribution < -0.4 is 0 Å². The first-order valence-electron chi connectivity index (χ1n) is 5.20. The predicted octanol–water partition coefficient (Wildman–Crippen LogP) is -0.395. The van der Waals surface area contributed by atoms with Gasteiger partial charge < -0.3 is 24.6 Å². The maximum atomic E-state index is 11.1. The standard InChI is InChI=1S/C9H13N2O7P/c12-8(13)6(1-3-11-4-2-10-5-11)7(9(14)15)19(16,17)18/h2,4-7H,1,3H2,(H,12,13)(H,14,15)(H2,16,17,18). The first kappa shape index (κ1) is 15.4. The maximum Gasteiger partial charge on any atom is 0.340 e. The average Bonchev–Trinajstić information content (AvgIpc) is 2.73. The fourth-order valence-corrected chi connectivity index (χ4v) is 2.71. The highest BCUT2D eigenvalue weighted by Gasteiger charge is 2.45. The Morgan fingerprint density at radius 3 is 2.26 bits per heavy atom. The van der Waals surface area contributed by atoms with Crippen molar-refractivity contribution in [2.24, 2.45) is 5.92 Å². The summed E-state index contributed by atoms with van der Waals surface area (Å²) in [7, 11) is -5.05. The molecule has 0 fully saturated rings. The van der Waals surface area contributed by atoms with Crippen LogP contribution >= 0.6 is 7.60 Å². The molecule has 1 aromatic rings. The van der Waals surface area contributed by atoms with Crippen molar-refractivity contribution in [2.75, 3.05) is 0 Å². The van der Waals surface area contributed by atoms with E-state index in [1.54, 1.807) is 0 Å². The van der Waals surface area contributed by atoms with E-state index in [2.05, 4.69) is 4.98 Å². The molecular formula is C9H13N2O7P.